The lowest BCUT2D eigenvalue weighted by Crippen LogP contribution is -2.09. The number of hydrogen-bond donors (Lipinski definition) is 0. The van der Waals surface area contributed by atoms with E-state index in [-0.39, 0.29) is 18.0 Å². The van der Waals surface area contributed by atoms with Crippen molar-refractivity contribution in [2.75, 3.05) is 0 Å². The monoisotopic (exact) mass is 212 g/mol. The van der Waals surface area contributed by atoms with Gasteiger partial charge in [-0.2, -0.15) is 0 Å². The molecule has 0 fully saturated rings. The summed E-state index contributed by atoms with van der Waals surface area (Å²) in [4.78, 5) is 22.1. The standard InChI is InChI=1S/C13H24O2/c1-10(2)6-5-7-11(3)8-13(15)9-12(4)14/h10-11H,5-9H2,1-4H3. The molecule has 0 aliphatic heterocycles. The van der Waals surface area contributed by atoms with Crippen LogP contribution in [0.2, 0.25) is 0 Å². The Morgan fingerprint density at radius 2 is 1.67 bits per heavy atom. The molecule has 0 aromatic heterocycles. The summed E-state index contributed by atoms with van der Waals surface area (Å²) in [5.41, 5.74) is 0. The van der Waals surface area contributed by atoms with Gasteiger partial charge in [-0.25, -0.2) is 0 Å². The van der Waals surface area contributed by atoms with Crippen LogP contribution in [0.5, 0.6) is 0 Å². The van der Waals surface area contributed by atoms with E-state index in [1.807, 2.05) is 0 Å². The molecule has 0 bridgehead atoms. The van der Waals surface area contributed by atoms with E-state index in [1.165, 1.54) is 19.8 Å². The summed E-state index contributed by atoms with van der Waals surface area (Å²) in [5.74, 6) is 1.25. The SMILES string of the molecule is CC(=O)CC(=O)CC(C)CCCC(C)C. The summed E-state index contributed by atoms with van der Waals surface area (Å²) in [5, 5.41) is 0. The Kier molecular flexibility index (Phi) is 7.27. The second-order valence-electron chi connectivity index (χ2n) is 5.05. The lowest BCUT2D eigenvalue weighted by atomic mass is 9.94. The van der Waals surface area contributed by atoms with E-state index in [9.17, 15) is 9.59 Å². The maximum Gasteiger partial charge on any atom is 0.140 e. The molecule has 1 unspecified atom stereocenters. The molecule has 0 heterocycles. The molecule has 15 heavy (non-hydrogen) atoms. The lowest BCUT2D eigenvalue weighted by molar-refractivity contribution is -0.126. The summed E-state index contributed by atoms with van der Waals surface area (Å²) in [6.07, 6.45) is 4.20. The van der Waals surface area contributed by atoms with Crippen molar-refractivity contribution < 1.29 is 9.59 Å². The first kappa shape index (κ1) is 14.3. The van der Waals surface area contributed by atoms with E-state index < -0.39 is 0 Å². The average Bonchev–Trinajstić information content (AvgIpc) is 2.00. The molecule has 0 saturated heterocycles. The molecule has 2 nitrogen and oxygen atoms in total. The molecular weight excluding hydrogens is 188 g/mol. The van der Waals surface area contributed by atoms with Gasteiger partial charge in [-0.1, -0.05) is 40.0 Å². The molecule has 2 heteroatoms. The highest BCUT2D eigenvalue weighted by atomic mass is 16.1. The van der Waals surface area contributed by atoms with E-state index in [1.54, 1.807) is 0 Å². The van der Waals surface area contributed by atoms with Crippen molar-refractivity contribution in [3.05, 3.63) is 0 Å². The predicted molar refractivity (Wildman–Crippen MR) is 62.8 cm³/mol. The Hall–Kier alpha value is -0.660. The third kappa shape index (κ3) is 9.64. The van der Waals surface area contributed by atoms with Gasteiger partial charge in [0.05, 0.1) is 6.42 Å². The van der Waals surface area contributed by atoms with Gasteiger partial charge in [0.15, 0.2) is 0 Å². The normalized spacial score (nSPS) is 12.9. The number of ketones is 2. The molecule has 0 aromatic carbocycles. The Labute approximate surface area is 93.4 Å². The fraction of sp³-hybridized carbons (Fsp3) is 0.846. The van der Waals surface area contributed by atoms with Gasteiger partial charge in [0.25, 0.3) is 0 Å². The number of carbonyl (C=O) groups is 2. The zero-order valence-corrected chi connectivity index (χ0v) is 10.5. The smallest absolute Gasteiger partial charge is 0.140 e. The summed E-state index contributed by atoms with van der Waals surface area (Å²) in [6.45, 7) is 8.00. The highest BCUT2D eigenvalue weighted by Gasteiger charge is 2.10. The largest absolute Gasteiger partial charge is 0.300 e. The fourth-order valence-electron chi connectivity index (χ4n) is 1.72. The van der Waals surface area contributed by atoms with Crippen LogP contribution in [0.25, 0.3) is 0 Å². The molecule has 0 aliphatic rings. The van der Waals surface area contributed by atoms with Crippen LogP contribution < -0.4 is 0 Å². The molecule has 0 amide bonds. The van der Waals surface area contributed by atoms with E-state index in [4.69, 9.17) is 0 Å². The summed E-state index contributed by atoms with van der Waals surface area (Å²) in [7, 11) is 0. The number of carbonyl (C=O) groups excluding carboxylic acids is 2. The lowest BCUT2D eigenvalue weighted by Gasteiger charge is -2.10. The molecule has 88 valence electrons. The molecule has 0 aromatic rings. The summed E-state index contributed by atoms with van der Waals surface area (Å²) < 4.78 is 0. The van der Waals surface area contributed by atoms with Crippen LogP contribution in [0, 0.1) is 11.8 Å². The van der Waals surface area contributed by atoms with Gasteiger partial charge in [0.1, 0.15) is 11.6 Å². The Morgan fingerprint density at radius 1 is 1.07 bits per heavy atom. The second-order valence-corrected chi connectivity index (χ2v) is 5.05. The zero-order chi connectivity index (χ0) is 11.8. The van der Waals surface area contributed by atoms with Gasteiger partial charge in [0.2, 0.25) is 0 Å². The summed E-state index contributed by atoms with van der Waals surface area (Å²) in [6, 6.07) is 0. The van der Waals surface area contributed by atoms with Gasteiger partial charge < -0.3 is 0 Å². The molecule has 0 N–H and O–H groups in total. The fourth-order valence-corrected chi connectivity index (χ4v) is 1.72. The van der Waals surface area contributed by atoms with Gasteiger partial charge >= 0.3 is 0 Å². The molecule has 0 aliphatic carbocycles. The van der Waals surface area contributed by atoms with Crippen LogP contribution in [-0.4, -0.2) is 11.6 Å². The average molecular weight is 212 g/mol. The van der Waals surface area contributed by atoms with Crippen molar-refractivity contribution in [2.45, 2.75) is 59.8 Å². The minimum atomic E-state index is -0.0191. The van der Waals surface area contributed by atoms with Crippen molar-refractivity contribution in [3.63, 3.8) is 0 Å². The van der Waals surface area contributed by atoms with Gasteiger partial charge in [-0.05, 0) is 18.8 Å². The van der Waals surface area contributed by atoms with E-state index in [2.05, 4.69) is 20.8 Å². The minimum Gasteiger partial charge on any atom is -0.300 e. The van der Waals surface area contributed by atoms with Crippen molar-refractivity contribution in [3.8, 4) is 0 Å². The first-order valence-corrected chi connectivity index (χ1v) is 5.93. The van der Waals surface area contributed by atoms with Crippen LogP contribution in [0.1, 0.15) is 59.8 Å². The third-order valence-corrected chi connectivity index (χ3v) is 2.50. The predicted octanol–water partition coefficient (Wildman–Crippen LogP) is 3.39. The quantitative estimate of drug-likeness (QED) is 0.578. The van der Waals surface area contributed by atoms with Crippen LogP contribution in [0.15, 0.2) is 0 Å². The molecule has 1 atom stereocenters. The maximum absolute atomic E-state index is 11.3. The molecule has 0 radical (unpaired) electrons. The molecular formula is C13H24O2. The summed E-state index contributed by atoms with van der Waals surface area (Å²) >= 11 is 0. The van der Waals surface area contributed by atoms with Crippen molar-refractivity contribution in [2.24, 2.45) is 11.8 Å². The third-order valence-electron chi connectivity index (χ3n) is 2.50. The van der Waals surface area contributed by atoms with Crippen LogP contribution in [0.3, 0.4) is 0 Å². The van der Waals surface area contributed by atoms with Crippen molar-refractivity contribution in [1.82, 2.24) is 0 Å². The van der Waals surface area contributed by atoms with Crippen LogP contribution in [-0.2, 0) is 9.59 Å². The molecule has 0 spiro atoms. The maximum atomic E-state index is 11.3. The van der Waals surface area contributed by atoms with E-state index >= 15 is 0 Å². The number of Topliss-reactive ketones (excluding diaryl/α,β-unsaturated/α-hetero) is 2. The Balaban J connectivity index is 3.59. The Bertz CT molecular complexity index is 207. The number of hydrogen-bond acceptors (Lipinski definition) is 2. The van der Waals surface area contributed by atoms with Crippen molar-refractivity contribution >= 4 is 11.6 Å². The van der Waals surface area contributed by atoms with Gasteiger partial charge in [-0.3, -0.25) is 9.59 Å². The van der Waals surface area contributed by atoms with Crippen LogP contribution >= 0.6 is 0 Å². The number of rotatable bonds is 8. The first-order chi connectivity index (χ1) is 6.91. The zero-order valence-electron chi connectivity index (χ0n) is 10.5. The highest BCUT2D eigenvalue weighted by Crippen LogP contribution is 2.16. The molecule has 0 rings (SSSR count). The van der Waals surface area contributed by atoms with Crippen LogP contribution in [0.4, 0.5) is 0 Å². The minimum absolute atomic E-state index is 0.0191. The van der Waals surface area contributed by atoms with E-state index in [0.29, 0.717) is 12.3 Å². The first-order valence-electron chi connectivity index (χ1n) is 5.93. The second kappa shape index (κ2) is 7.61. The van der Waals surface area contributed by atoms with Crippen molar-refractivity contribution in [1.29, 1.82) is 0 Å². The molecule has 0 saturated carbocycles. The van der Waals surface area contributed by atoms with Gasteiger partial charge in [0, 0.05) is 6.42 Å². The highest BCUT2D eigenvalue weighted by molar-refractivity contribution is 5.97. The Morgan fingerprint density at radius 3 is 2.13 bits per heavy atom. The van der Waals surface area contributed by atoms with E-state index in [0.717, 1.165) is 12.3 Å². The topological polar surface area (TPSA) is 34.1 Å². The van der Waals surface area contributed by atoms with Gasteiger partial charge in [-0.15, -0.1) is 0 Å².